The molecule has 26 heavy (non-hydrogen) atoms. The average Bonchev–Trinajstić information content (AvgIpc) is 2.69. The van der Waals surface area contributed by atoms with E-state index in [-0.39, 0.29) is 5.78 Å². The SMILES string of the molecule is COc1cccc(OC)c1/C=C/C(=O)/C=C/c1c(OC)cccc1OC. The van der Waals surface area contributed by atoms with Crippen LogP contribution < -0.4 is 18.9 Å². The van der Waals surface area contributed by atoms with E-state index in [4.69, 9.17) is 18.9 Å². The Kier molecular flexibility index (Phi) is 6.85. The fourth-order valence-corrected chi connectivity index (χ4v) is 2.47. The zero-order valence-electron chi connectivity index (χ0n) is 15.3. The number of carbonyl (C=O) groups is 1. The summed E-state index contributed by atoms with van der Waals surface area (Å²) in [4.78, 5) is 12.3. The minimum absolute atomic E-state index is 0.189. The maximum atomic E-state index is 12.3. The molecule has 5 heteroatoms. The Hall–Kier alpha value is -3.21. The molecule has 0 amide bonds. The molecule has 0 aliphatic rings. The Morgan fingerprint density at radius 2 is 0.962 bits per heavy atom. The highest BCUT2D eigenvalue weighted by Crippen LogP contribution is 2.30. The van der Waals surface area contributed by atoms with E-state index in [1.165, 1.54) is 12.2 Å². The maximum Gasteiger partial charge on any atom is 0.178 e. The van der Waals surface area contributed by atoms with Gasteiger partial charge in [-0.15, -0.1) is 0 Å². The molecular weight excluding hydrogens is 332 g/mol. The summed E-state index contributed by atoms with van der Waals surface area (Å²) < 4.78 is 21.3. The number of carbonyl (C=O) groups excluding carboxylic acids is 1. The lowest BCUT2D eigenvalue weighted by Gasteiger charge is -2.09. The van der Waals surface area contributed by atoms with Gasteiger partial charge in [-0.25, -0.2) is 0 Å². The van der Waals surface area contributed by atoms with Gasteiger partial charge >= 0.3 is 0 Å². The monoisotopic (exact) mass is 354 g/mol. The van der Waals surface area contributed by atoms with Gasteiger partial charge in [0.15, 0.2) is 5.78 Å². The number of methoxy groups -OCH3 is 4. The van der Waals surface area contributed by atoms with E-state index in [2.05, 4.69) is 0 Å². The van der Waals surface area contributed by atoms with Gasteiger partial charge in [-0.3, -0.25) is 4.79 Å². The molecule has 2 aromatic rings. The fraction of sp³-hybridized carbons (Fsp3) is 0.190. The standard InChI is InChI=1S/C21H22O5/c1-23-18-7-5-8-19(24-2)16(18)13-11-15(22)12-14-17-20(25-3)9-6-10-21(17)26-4/h5-14H,1-4H3/b13-11+,14-12+. The van der Waals surface area contributed by atoms with Gasteiger partial charge < -0.3 is 18.9 Å². The van der Waals surface area contributed by atoms with Crippen LogP contribution in [0.5, 0.6) is 23.0 Å². The van der Waals surface area contributed by atoms with Gasteiger partial charge in [0.1, 0.15) is 23.0 Å². The summed E-state index contributed by atoms with van der Waals surface area (Å²) in [5, 5.41) is 0. The van der Waals surface area contributed by atoms with Crippen molar-refractivity contribution in [3.63, 3.8) is 0 Å². The second kappa shape index (κ2) is 9.32. The second-order valence-electron chi connectivity index (χ2n) is 5.22. The Bertz CT molecular complexity index is 709. The van der Waals surface area contributed by atoms with Gasteiger partial charge in [-0.1, -0.05) is 12.1 Å². The van der Waals surface area contributed by atoms with Crippen molar-refractivity contribution in [2.45, 2.75) is 0 Å². The van der Waals surface area contributed by atoms with Crippen LogP contribution in [0.25, 0.3) is 12.2 Å². The molecule has 0 atom stereocenters. The van der Waals surface area contributed by atoms with Crippen LogP contribution in [0.2, 0.25) is 0 Å². The zero-order valence-corrected chi connectivity index (χ0v) is 15.3. The van der Waals surface area contributed by atoms with E-state index in [1.54, 1.807) is 40.6 Å². The Labute approximate surface area is 153 Å². The van der Waals surface area contributed by atoms with E-state index < -0.39 is 0 Å². The minimum Gasteiger partial charge on any atom is -0.496 e. The van der Waals surface area contributed by atoms with Gasteiger partial charge in [0.25, 0.3) is 0 Å². The molecule has 0 N–H and O–H groups in total. The van der Waals surface area contributed by atoms with Crippen molar-refractivity contribution in [3.8, 4) is 23.0 Å². The molecule has 0 aliphatic carbocycles. The molecule has 0 fully saturated rings. The number of ketones is 1. The van der Waals surface area contributed by atoms with E-state index in [1.807, 2.05) is 36.4 Å². The van der Waals surface area contributed by atoms with Crippen molar-refractivity contribution in [2.75, 3.05) is 28.4 Å². The van der Waals surface area contributed by atoms with Crippen LogP contribution in [0.15, 0.2) is 48.6 Å². The number of hydrogen-bond acceptors (Lipinski definition) is 5. The highest BCUT2D eigenvalue weighted by molar-refractivity contribution is 6.05. The van der Waals surface area contributed by atoms with Crippen molar-refractivity contribution < 1.29 is 23.7 Å². The predicted octanol–water partition coefficient (Wildman–Crippen LogP) is 4.02. The van der Waals surface area contributed by atoms with Crippen molar-refractivity contribution in [1.82, 2.24) is 0 Å². The van der Waals surface area contributed by atoms with Crippen LogP contribution in [0.1, 0.15) is 11.1 Å². The first-order chi connectivity index (χ1) is 12.6. The maximum absolute atomic E-state index is 12.3. The van der Waals surface area contributed by atoms with Gasteiger partial charge in [0.2, 0.25) is 0 Å². The number of hydrogen-bond donors (Lipinski definition) is 0. The van der Waals surface area contributed by atoms with Crippen molar-refractivity contribution in [2.24, 2.45) is 0 Å². The molecule has 0 heterocycles. The van der Waals surface area contributed by atoms with Crippen molar-refractivity contribution >= 4 is 17.9 Å². The zero-order chi connectivity index (χ0) is 18.9. The molecule has 0 aliphatic heterocycles. The first kappa shape index (κ1) is 19.1. The molecular formula is C21H22O5. The van der Waals surface area contributed by atoms with Gasteiger partial charge in [-0.2, -0.15) is 0 Å². The lowest BCUT2D eigenvalue weighted by molar-refractivity contribution is -0.110. The third-order valence-corrected chi connectivity index (χ3v) is 3.76. The normalized spacial score (nSPS) is 10.9. The number of benzene rings is 2. The first-order valence-corrected chi connectivity index (χ1v) is 7.96. The first-order valence-electron chi connectivity index (χ1n) is 7.96. The molecule has 2 aromatic carbocycles. The number of ether oxygens (including phenoxy) is 4. The number of rotatable bonds is 8. The molecule has 0 unspecified atom stereocenters. The highest BCUT2D eigenvalue weighted by Gasteiger charge is 2.08. The summed E-state index contributed by atoms with van der Waals surface area (Å²) in [5.41, 5.74) is 1.41. The summed E-state index contributed by atoms with van der Waals surface area (Å²) in [6.07, 6.45) is 6.26. The third kappa shape index (κ3) is 4.45. The topological polar surface area (TPSA) is 54.0 Å². The molecule has 5 nitrogen and oxygen atoms in total. The Balaban J connectivity index is 2.25. The molecule has 2 rings (SSSR count). The van der Waals surface area contributed by atoms with E-state index in [0.717, 1.165) is 0 Å². The van der Waals surface area contributed by atoms with E-state index in [9.17, 15) is 4.79 Å². The van der Waals surface area contributed by atoms with Crippen LogP contribution in [0.4, 0.5) is 0 Å². The Morgan fingerprint density at radius 1 is 0.654 bits per heavy atom. The van der Waals surface area contributed by atoms with E-state index >= 15 is 0 Å². The average molecular weight is 354 g/mol. The van der Waals surface area contributed by atoms with Crippen molar-refractivity contribution in [3.05, 3.63) is 59.7 Å². The summed E-state index contributed by atoms with van der Waals surface area (Å²) in [6, 6.07) is 10.9. The second-order valence-corrected chi connectivity index (χ2v) is 5.22. The quantitative estimate of drug-likeness (QED) is 0.670. The molecule has 0 saturated heterocycles. The minimum atomic E-state index is -0.189. The lowest BCUT2D eigenvalue weighted by Crippen LogP contribution is -1.94. The van der Waals surface area contributed by atoms with Crippen LogP contribution in [0, 0.1) is 0 Å². The van der Waals surface area contributed by atoms with Crippen LogP contribution in [-0.4, -0.2) is 34.2 Å². The predicted molar refractivity (Wildman–Crippen MR) is 102 cm³/mol. The summed E-state index contributed by atoms with van der Waals surface area (Å²) >= 11 is 0. The van der Waals surface area contributed by atoms with Gasteiger partial charge in [0, 0.05) is 0 Å². The summed E-state index contributed by atoms with van der Waals surface area (Å²) in [5.74, 6) is 2.33. The van der Waals surface area contributed by atoms with E-state index in [0.29, 0.717) is 34.1 Å². The smallest absolute Gasteiger partial charge is 0.178 e. The highest BCUT2D eigenvalue weighted by atomic mass is 16.5. The fourth-order valence-electron chi connectivity index (χ4n) is 2.47. The molecule has 136 valence electrons. The molecule has 0 aromatic heterocycles. The third-order valence-electron chi connectivity index (χ3n) is 3.76. The van der Waals surface area contributed by atoms with Crippen LogP contribution in [0.3, 0.4) is 0 Å². The summed E-state index contributed by atoms with van der Waals surface area (Å²) in [7, 11) is 6.28. The van der Waals surface area contributed by atoms with Crippen LogP contribution in [-0.2, 0) is 4.79 Å². The van der Waals surface area contributed by atoms with Crippen molar-refractivity contribution in [1.29, 1.82) is 0 Å². The lowest BCUT2D eigenvalue weighted by atomic mass is 10.1. The Morgan fingerprint density at radius 3 is 1.23 bits per heavy atom. The molecule has 0 spiro atoms. The van der Waals surface area contributed by atoms with Crippen LogP contribution >= 0.6 is 0 Å². The van der Waals surface area contributed by atoms with Gasteiger partial charge in [-0.05, 0) is 48.6 Å². The molecule has 0 bridgehead atoms. The van der Waals surface area contributed by atoms with Gasteiger partial charge in [0.05, 0.1) is 39.6 Å². The molecule has 0 saturated carbocycles. The summed E-state index contributed by atoms with van der Waals surface area (Å²) in [6.45, 7) is 0. The molecule has 0 radical (unpaired) electrons. The largest absolute Gasteiger partial charge is 0.496 e. The number of allylic oxidation sites excluding steroid dienone is 2.